The number of carboxylic acid groups (broad SMARTS) is 1. The highest BCUT2D eigenvalue weighted by atomic mass is 16.5. The van der Waals surface area contributed by atoms with Gasteiger partial charge in [0.1, 0.15) is 6.61 Å². The van der Waals surface area contributed by atoms with E-state index in [9.17, 15) is 14.4 Å². The number of aliphatic carboxylic acids is 1. The number of fused-ring (bicyclic) bond motifs is 3. The topological polar surface area (TPSA) is 95.9 Å². The lowest BCUT2D eigenvalue weighted by Gasteiger charge is -2.24. The van der Waals surface area contributed by atoms with Crippen LogP contribution in [0.15, 0.2) is 48.5 Å². The fourth-order valence-corrected chi connectivity index (χ4v) is 4.88. The van der Waals surface area contributed by atoms with Gasteiger partial charge in [-0.25, -0.2) is 4.79 Å². The molecule has 180 valence electrons. The van der Waals surface area contributed by atoms with Gasteiger partial charge < -0.3 is 20.1 Å². The van der Waals surface area contributed by atoms with Crippen LogP contribution in [-0.4, -0.2) is 54.2 Å². The monoisotopic (exact) mass is 464 g/mol. The molecule has 2 aliphatic rings. The number of hydrogen-bond acceptors (Lipinski definition) is 4. The molecule has 1 unspecified atom stereocenters. The van der Waals surface area contributed by atoms with E-state index >= 15 is 0 Å². The minimum atomic E-state index is -0.915. The Morgan fingerprint density at radius 1 is 1.06 bits per heavy atom. The highest BCUT2D eigenvalue weighted by Crippen LogP contribution is 2.44. The van der Waals surface area contributed by atoms with E-state index in [1.807, 2.05) is 31.2 Å². The predicted octanol–water partition coefficient (Wildman–Crippen LogP) is 4.26. The molecular weight excluding hydrogens is 432 g/mol. The Morgan fingerprint density at radius 3 is 2.24 bits per heavy atom. The first-order valence-electron chi connectivity index (χ1n) is 12.1. The van der Waals surface area contributed by atoms with Crippen LogP contribution in [0.3, 0.4) is 0 Å². The number of carboxylic acids is 1. The molecule has 7 nitrogen and oxygen atoms in total. The first kappa shape index (κ1) is 23.8. The van der Waals surface area contributed by atoms with Crippen molar-refractivity contribution in [2.24, 2.45) is 11.8 Å². The molecule has 0 radical (unpaired) electrons. The Labute approximate surface area is 200 Å². The van der Waals surface area contributed by atoms with Crippen molar-refractivity contribution in [3.63, 3.8) is 0 Å². The number of alkyl carbamates (subject to hydrolysis) is 1. The van der Waals surface area contributed by atoms with Gasteiger partial charge in [-0.15, -0.1) is 0 Å². The largest absolute Gasteiger partial charge is 0.481 e. The summed E-state index contributed by atoms with van der Waals surface area (Å²) in [7, 11) is 0. The van der Waals surface area contributed by atoms with Crippen molar-refractivity contribution >= 4 is 18.0 Å². The van der Waals surface area contributed by atoms with Crippen molar-refractivity contribution < 1.29 is 24.2 Å². The van der Waals surface area contributed by atoms with E-state index in [1.165, 1.54) is 22.3 Å². The van der Waals surface area contributed by atoms with Gasteiger partial charge in [-0.3, -0.25) is 9.59 Å². The number of nitrogens with one attached hydrogen (secondary N) is 1. The zero-order valence-corrected chi connectivity index (χ0v) is 19.5. The zero-order valence-electron chi connectivity index (χ0n) is 19.5. The standard InChI is InChI=1S/C27H32N2O5/c1-2-29(14-13-26(31)32)25(30)15-19(18-11-12-18)16-28-27(33)34-17-24-22-9-5-3-7-20(22)21-8-4-6-10-23(21)24/h3-10,18-19,24H,2,11-17H2,1H3,(H,28,33)(H,31,32). The molecular formula is C27H32N2O5. The van der Waals surface area contributed by atoms with Crippen molar-refractivity contribution in [1.82, 2.24) is 10.2 Å². The molecule has 0 spiro atoms. The molecule has 2 aliphatic carbocycles. The van der Waals surface area contributed by atoms with Crippen LogP contribution in [0, 0.1) is 11.8 Å². The molecule has 4 rings (SSSR count). The van der Waals surface area contributed by atoms with Crippen molar-refractivity contribution in [1.29, 1.82) is 0 Å². The third kappa shape index (κ3) is 5.58. The number of nitrogens with zero attached hydrogens (tertiary/aromatic N) is 1. The lowest BCUT2D eigenvalue weighted by Crippen LogP contribution is -2.37. The van der Waals surface area contributed by atoms with Crippen LogP contribution in [0.4, 0.5) is 4.79 Å². The fraction of sp³-hybridized carbons (Fsp3) is 0.444. The normalized spacial score (nSPS) is 15.2. The number of carbonyl (C=O) groups excluding carboxylic acids is 2. The molecule has 0 bridgehead atoms. The van der Waals surface area contributed by atoms with E-state index in [0.29, 0.717) is 25.4 Å². The highest BCUT2D eigenvalue weighted by molar-refractivity contribution is 5.79. The second-order valence-electron chi connectivity index (χ2n) is 9.13. The molecule has 1 atom stereocenters. The predicted molar refractivity (Wildman–Crippen MR) is 128 cm³/mol. The van der Waals surface area contributed by atoms with Crippen molar-refractivity contribution in [2.75, 3.05) is 26.2 Å². The van der Waals surface area contributed by atoms with Gasteiger partial charge in [0.15, 0.2) is 0 Å². The SMILES string of the molecule is CCN(CCC(=O)O)C(=O)CC(CNC(=O)OCC1c2ccccc2-c2ccccc21)C1CC1. The van der Waals surface area contributed by atoms with E-state index in [4.69, 9.17) is 9.84 Å². The van der Waals surface area contributed by atoms with E-state index in [0.717, 1.165) is 12.8 Å². The summed E-state index contributed by atoms with van der Waals surface area (Å²) in [5, 5.41) is 11.8. The van der Waals surface area contributed by atoms with Crippen LogP contribution in [0.5, 0.6) is 0 Å². The number of hydrogen-bond donors (Lipinski definition) is 2. The lowest BCUT2D eigenvalue weighted by atomic mass is 9.98. The first-order chi connectivity index (χ1) is 16.5. The Bertz CT molecular complexity index is 1000. The third-order valence-corrected chi connectivity index (χ3v) is 6.91. The average molecular weight is 465 g/mol. The van der Waals surface area contributed by atoms with Gasteiger partial charge in [0, 0.05) is 32.0 Å². The first-order valence-corrected chi connectivity index (χ1v) is 12.1. The van der Waals surface area contributed by atoms with Gasteiger partial charge in [-0.2, -0.15) is 0 Å². The Morgan fingerprint density at radius 2 is 1.68 bits per heavy atom. The van der Waals surface area contributed by atoms with Gasteiger partial charge in [-0.05, 0) is 53.9 Å². The molecule has 0 aromatic heterocycles. The maximum atomic E-state index is 12.7. The molecule has 1 fully saturated rings. The quantitative estimate of drug-likeness (QED) is 0.518. The van der Waals surface area contributed by atoms with Crippen LogP contribution in [0.25, 0.3) is 11.1 Å². The molecule has 34 heavy (non-hydrogen) atoms. The number of ether oxygens (including phenoxy) is 1. The van der Waals surface area contributed by atoms with Gasteiger partial charge in [0.25, 0.3) is 0 Å². The van der Waals surface area contributed by atoms with Crippen molar-refractivity contribution in [3.8, 4) is 11.1 Å². The summed E-state index contributed by atoms with van der Waals surface area (Å²) in [5.74, 6) is -0.522. The van der Waals surface area contributed by atoms with Crippen molar-refractivity contribution in [2.45, 2.75) is 38.5 Å². The number of rotatable bonds is 11. The van der Waals surface area contributed by atoms with Gasteiger partial charge in [0.2, 0.25) is 5.91 Å². The van der Waals surface area contributed by atoms with Crippen molar-refractivity contribution in [3.05, 3.63) is 59.7 Å². The number of amides is 2. The molecule has 2 aromatic rings. The zero-order chi connectivity index (χ0) is 24.1. The average Bonchev–Trinajstić information content (AvgIpc) is 3.63. The minimum absolute atomic E-state index is 0.00584. The van der Waals surface area contributed by atoms with Gasteiger partial charge in [-0.1, -0.05) is 48.5 Å². The van der Waals surface area contributed by atoms with E-state index < -0.39 is 12.1 Å². The maximum absolute atomic E-state index is 12.7. The molecule has 2 amide bonds. The second kappa shape index (κ2) is 10.7. The second-order valence-corrected chi connectivity index (χ2v) is 9.13. The summed E-state index contributed by atoms with van der Waals surface area (Å²) in [5.41, 5.74) is 4.70. The Hall–Kier alpha value is -3.35. The van der Waals surface area contributed by atoms with E-state index in [-0.39, 0.29) is 37.3 Å². The number of carbonyl (C=O) groups is 3. The Kier molecular flexibility index (Phi) is 7.50. The summed E-state index contributed by atoms with van der Waals surface area (Å²) >= 11 is 0. The molecule has 2 aromatic carbocycles. The van der Waals surface area contributed by atoms with E-state index in [1.54, 1.807) is 4.90 Å². The van der Waals surface area contributed by atoms with Crippen LogP contribution in [0.2, 0.25) is 0 Å². The Balaban J connectivity index is 1.30. The summed E-state index contributed by atoms with van der Waals surface area (Å²) in [6.07, 6.45) is 1.86. The number of benzene rings is 2. The van der Waals surface area contributed by atoms with Crippen LogP contribution in [0.1, 0.15) is 49.7 Å². The maximum Gasteiger partial charge on any atom is 0.407 e. The summed E-state index contributed by atoms with van der Waals surface area (Å²) in [4.78, 5) is 37.7. The van der Waals surface area contributed by atoms with Gasteiger partial charge >= 0.3 is 12.1 Å². The van der Waals surface area contributed by atoms with Crippen LogP contribution >= 0.6 is 0 Å². The molecule has 7 heteroatoms. The molecule has 0 aliphatic heterocycles. The molecule has 0 heterocycles. The fourth-order valence-electron chi connectivity index (χ4n) is 4.88. The summed E-state index contributed by atoms with van der Waals surface area (Å²) < 4.78 is 5.62. The minimum Gasteiger partial charge on any atom is -0.481 e. The smallest absolute Gasteiger partial charge is 0.407 e. The molecule has 2 N–H and O–H groups in total. The summed E-state index contributed by atoms with van der Waals surface area (Å²) in [6.45, 7) is 3.17. The third-order valence-electron chi connectivity index (χ3n) is 6.91. The van der Waals surface area contributed by atoms with Crippen LogP contribution in [-0.2, 0) is 14.3 Å². The van der Waals surface area contributed by atoms with Gasteiger partial charge in [0.05, 0.1) is 6.42 Å². The molecule has 0 saturated heterocycles. The van der Waals surface area contributed by atoms with Crippen LogP contribution < -0.4 is 5.32 Å². The van der Waals surface area contributed by atoms with E-state index in [2.05, 4.69) is 29.6 Å². The lowest BCUT2D eigenvalue weighted by molar-refractivity contribution is -0.138. The summed E-state index contributed by atoms with van der Waals surface area (Å²) in [6, 6.07) is 16.4. The molecule has 1 saturated carbocycles. The highest BCUT2D eigenvalue weighted by Gasteiger charge is 2.34.